The highest BCUT2D eigenvalue weighted by atomic mass is 35.5. The molecule has 0 radical (unpaired) electrons. The lowest BCUT2D eigenvalue weighted by atomic mass is 9.84. The molecule has 104 valence electrons. The summed E-state index contributed by atoms with van der Waals surface area (Å²) in [7, 11) is 0. The van der Waals surface area contributed by atoms with Gasteiger partial charge in [-0.2, -0.15) is 0 Å². The van der Waals surface area contributed by atoms with E-state index in [9.17, 15) is 4.79 Å². The van der Waals surface area contributed by atoms with E-state index in [1.807, 2.05) is 19.1 Å². The van der Waals surface area contributed by atoms with Gasteiger partial charge in [-0.25, -0.2) is 0 Å². The Morgan fingerprint density at radius 1 is 1.42 bits per heavy atom. The third kappa shape index (κ3) is 3.48. The largest absolute Gasteiger partial charge is 0.349 e. The molecule has 0 spiro atoms. The molecule has 1 aliphatic rings. The Balaban J connectivity index is 2.07. The number of carbonyl (C=O) groups excluding carboxylic acids is 1. The van der Waals surface area contributed by atoms with Crippen LogP contribution in [0.5, 0.6) is 0 Å². The Morgan fingerprint density at radius 3 is 2.84 bits per heavy atom. The van der Waals surface area contributed by atoms with Crippen molar-refractivity contribution in [3.05, 3.63) is 34.3 Å². The number of benzene rings is 1. The summed E-state index contributed by atoms with van der Waals surface area (Å²) in [4.78, 5) is 12.3. The Morgan fingerprint density at radius 2 is 2.16 bits per heavy atom. The molecule has 1 amide bonds. The van der Waals surface area contributed by atoms with Crippen molar-refractivity contribution in [1.29, 1.82) is 0 Å². The standard InChI is InChI=1S/C15H21ClN2O/c1-10-6-7-12(13(16)8-10)15(19)18-14-5-3-2-4-11(14)9-17/h6-8,11,14H,2-5,9,17H2,1H3,(H,18,19). The molecule has 0 heterocycles. The van der Waals surface area contributed by atoms with E-state index in [4.69, 9.17) is 17.3 Å². The van der Waals surface area contributed by atoms with Crippen molar-refractivity contribution in [1.82, 2.24) is 5.32 Å². The van der Waals surface area contributed by atoms with Crippen LogP contribution in [0.3, 0.4) is 0 Å². The van der Waals surface area contributed by atoms with Gasteiger partial charge in [0.1, 0.15) is 0 Å². The molecule has 0 saturated heterocycles. The van der Waals surface area contributed by atoms with Crippen molar-refractivity contribution < 1.29 is 4.79 Å². The van der Waals surface area contributed by atoms with E-state index in [1.54, 1.807) is 6.07 Å². The first-order valence-electron chi connectivity index (χ1n) is 6.89. The van der Waals surface area contributed by atoms with Crippen LogP contribution in [-0.2, 0) is 0 Å². The summed E-state index contributed by atoms with van der Waals surface area (Å²) in [6, 6.07) is 5.69. The molecule has 1 aromatic rings. The molecule has 1 saturated carbocycles. The molecule has 2 unspecified atom stereocenters. The molecule has 19 heavy (non-hydrogen) atoms. The lowest BCUT2D eigenvalue weighted by Gasteiger charge is -2.31. The third-order valence-electron chi connectivity index (χ3n) is 3.90. The van der Waals surface area contributed by atoms with Crippen molar-refractivity contribution in [2.24, 2.45) is 11.7 Å². The average Bonchev–Trinajstić information content (AvgIpc) is 2.39. The molecule has 0 bridgehead atoms. The zero-order valence-corrected chi connectivity index (χ0v) is 12.0. The van der Waals surface area contributed by atoms with E-state index < -0.39 is 0 Å². The maximum Gasteiger partial charge on any atom is 0.253 e. The first-order chi connectivity index (χ1) is 9.11. The predicted octanol–water partition coefficient (Wildman–Crippen LogP) is 2.90. The van der Waals surface area contributed by atoms with Crippen LogP contribution in [0.4, 0.5) is 0 Å². The van der Waals surface area contributed by atoms with Crippen LogP contribution in [0, 0.1) is 12.8 Å². The number of nitrogens with two attached hydrogens (primary N) is 1. The summed E-state index contributed by atoms with van der Waals surface area (Å²) in [6.45, 7) is 2.59. The molecule has 3 N–H and O–H groups in total. The zero-order chi connectivity index (χ0) is 13.8. The second-order valence-electron chi connectivity index (χ2n) is 5.34. The topological polar surface area (TPSA) is 55.1 Å². The summed E-state index contributed by atoms with van der Waals surface area (Å²) in [5, 5.41) is 3.60. The fraction of sp³-hybridized carbons (Fsp3) is 0.533. The normalized spacial score (nSPS) is 23.1. The van der Waals surface area contributed by atoms with Crippen LogP contribution >= 0.6 is 11.6 Å². The van der Waals surface area contributed by atoms with Gasteiger partial charge < -0.3 is 11.1 Å². The Kier molecular flexibility index (Phi) is 4.83. The summed E-state index contributed by atoms with van der Waals surface area (Å²) in [5.41, 5.74) is 7.38. The van der Waals surface area contributed by atoms with Gasteiger partial charge in [-0.05, 0) is 49.9 Å². The van der Waals surface area contributed by atoms with Gasteiger partial charge in [0.05, 0.1) is 10.6 Å². The number of rotatable bonds is 3. The van der Waals surface area contributed by atoms with Crippen molar-refractivity contribution in [3.63, 3.8) is 0 Å². The van der Waals surface area contributed by atoms with Crippen molar-refractivity contribution >= 4 is 17.5 Å². The number of amides is 1. The highest BCUT2D eigenvalue weighted by Crippen LogP contribution is 2.24. The molecule has 0 aromatic heterocycles. The summed E-state index contributed by atoms with van der Waals surface area (Å²) in [6.07, 6.45) is 4.47. The fourth-order valence-corrected chi connectivity index (χ4v) is 3.05. The van der Waals surface area contributed by atoms with Crippen LogP contribution in [0.2, 0.25) is 5.02 Å². The molecule has 1 aromatic carbocycles. The van der Waals surface area contributed by atoms with Gasteiger partial charge in [0.2, 0.25) is 0 Å². The average molecular weight is 281 g/mol. The quantitative estimate of drug-likeness (QED) is 0.894. The summed E-state index contributed by atoms with van der Waals surface area (Å²) >= 11 is 6.13. The van der Waals surface area contributed by atoms with Gasteiger partial charge in [-0.15, -0.1) is 0 Å². The van der Waals surface area contributed by atoms with E-state index in [-0.39, 0.29) is 11.9 Å². The summed E-state index contributed by atoms with van der Waals surface area (Å²) < 4.78 is 0. The second-order valence-corrected chi connectivity index (χ2v) is 5.75. The minimum atomic E-state index is -0.0876. The second kappa shape index (κ2) is 6.40. The van der Waals surface area contributed by atoms with Crippen LogP contribution in [0.25, 0.3) is 0 Å². The number of carbonyl (C=O) groups is 1. The number of hydrogen-bond donors (Lipinski definition) is 2. The maximum atomic E-state index is 12.3. The molecule has 2 atom stereocenters. The molecular formula is C15H21ClN2O. The van der Waals surface area contributed by atoms with E-state index in [0.717, 1.165) is 24.8 Å². The SMILES string of the molecule is Cc1ccc(C(=O)NC2CCCCC2CN)c(Cl)c1. The highest BCUT2D eigenvalue weighted by molar-refractivity contribution is 6.33. The fourth-order valence-electron chi connectivity index (χ4n) is 2.73. The number of aryl methyl sites for hydroxylation is 1. The predicted molar refractivity (Wildman–Crippen MR) is 78.5 cm³/mol. The third-order valence-corrected chi connectivity index (χ3v) is 4.21. The van der Waals surface area contributed by atoms with Gasteiger partial charge in [0.15, 0.2) is 0 Å². The number of halogens is 1. The smallest absolute Gasteiger partial charge is 0.253 e. The minimum Gasteiger partial charge on any atom is -0.349 e. The molecule has 1 fully saturated rings. The van der Waals surface area contributed by atoms with E-state index in [1.165, 1.54) is 6.42 Å². The van der Waals surface area contributed by atoms with Crippen LogP contribution in [0.1, 0.15) is 41.6 Å². The summed E-state index contributed by atoms with van der Waals surface area (Å²) in [5.74, 6) is 0.303. The van der Waals surface area contributed by atoms with Crippen molar-refractivity contribution in [2.75, 3.05) is 6.54 Å². The van der Waals surface area contributed by atoms with E-state index in [0.29, 0.717) is 23.0 Å². The molecule has 4 heteroatoms. The monoisotopic (exact) mass is 280 g/mol. The van der Waals surface area contributed by atoms with Crippen molar-refractivity contribution in [2.45, 2.75) is 38.6 Å². The van der Waals surface area contributed by atoms with Gasteiger partial charge in [0, 0.05) is 6.04 Å². The van der Waals surface area contributed by atoms with Gasteiger partial charge in [-0.1, -0.05) is 30.5 Å². The first-order valence-corrected chi connectivity index (χ1v) is 7.26. The highest BCUT2D eigenvalue weighted by Gasteiger charge is 2.26. The Hall–Kier alpha value is -1.06. The molecule has 1 aliphatic carbocycles. The van der Waals surface area contributed by atoms with Crippen LogP contribution in [0.15, 0.2) is 18.2 Å². The zero-order valence-electron chi connectivity index (χ0n) is 11.3. The lowest BCUT2D eigenvalue weighted by Crippen LogP contribution is -2.44. The maximum absolute atomic E-state index is 12.3. The van der Waals surface area contributed by atoms with Crippen LogP contribution < -0.4 is 11.1 Å². The number of nitrogens with one attached hydrogen (secondary N) is 1. The number of hydrogen-bond acceptors (Lipinski definition) is 2. The molecule has 3 nitrogen and oxygen atoms in total. The van der Waals surface area contributed by atoms with E-state index in [2.05, 4.69) is 5.32 Å². The Labute approximate surface area is 119 Å². The lowest BCUT2D eigenvalue weighted by molar-refractivity contribution is 0.0908. The van der Waals surface area contributed by atoms with Crippen LogP contribution in [-0.4, -0.2) is 18.5 Å². The van der Waals surface area contributed by atoms with Gasteiger partial charge in [-0.3, -0.25) is 4.79 Å². The molecular weight excluding hydrogens is 260 g/mol. The molecule has 2 rings (SSSR count). The minimum absolute atomic E-state index is 0.0876. The Bertz CT molecular complexity index is 461. The van der Waals surface area contributed by atoms with Gasteiger partial charge in [0.25, 0.3) is 5.91 Å². The van der Waals surface area contributed by atoms with Gasteiger partial charge >= 0.3 is 0 Å². The van der Waals surface area contributed by atoms with Crippen molar-refractivity contribution in [3.8, 4) is 0 Å². The first kappa shape index (κ1) is 14.4. The van der Waals surface area contributed by atoms with E-state index >= 15 is 0 Å². The molecule has 0 aliphatic heterocycles.